The lowest BCUT2D eigenvalue weighted by atomic mass is 9.93. The van der Waals surface area contributed by atoms with E-state index in [1.54, 1.807) is 7.05 Å². The van der Waals surface area contributed by atoms with E-state index in [-0.39, 0.29) is 11.8 Å². The fourth-order valence-corrected chi connectivity index (χ4v) is 0.974. The SMILES string of the molecule is CC[C@H](C)[C@@H](C)C(=O)N(C)OC. The van der Waals surface area contributed by atoms with Crippen LogP contribution < -0.4 is 0 Å². The summed E-state index contributed by atoms with van der Waals surface area (Å²) in [5.41, 5.74) is 0. The third-order valence-corrected chi connectivity index (χ3v) is 2.47. The number of nitrogens with zero attached hydrogens (tertiary/aromatic N) is 1. The van der Waals surface area contributed by atoms with Gasteiger partial charge in [-0.15, -0.1) is 0 Å². The van der Waals surface area contributed by atoms with Crippen LogP contribution in [0.25, 0.3) is 0 Å². The Balaban J connectivity index is 4.09. The van der Waals surface area contributed by atoms with Crippen LogP contribution in [0.1, 0.15) is 27.2 Å². The molecule has 0 aromatic heterocycles. The van der Waals surface area contributed by atoms with Crippen molar-refractivity contribution in [2.75, 3.05) is 14.2 Å². The van der Waals surface area contributed by atoms with Gasteiger partial charge in [-0.25, -0.2) is 5.06 Å². The van der Waals surface area contributed by atoms with Crippen molar-refractivity contribution in [1.82, 2.24) is 5.06 Å². The van der Waals surface area contributed by atoms with E-state index in [9.17, 15) is 4.79 Å². The Morgan fingerprint density at radius 3 is 2.33 bits per heavy atom. The normalized spacial score (nSPS) is 15.4. The molecule has 3 nitrogen and oxygen atoms in total. The maximum absolute atomic E-state index is 11.5. The molecule has 0 aromatic carbocycles. The van der Waals surface area contributed by atoms with Crippen molar-refractivity contribution in [3.05, 3.63) is 0 Å². The highest BCUT2D eigenvalue weighted by Crippen LogP contribution is 2.16. The van der Waals surface area contributed by atoms with Crippen LogP contribution in [-0.2, 0) is 9.63 Å². The zero-order valence-corrected chi connectivity index (χ0v) is 8.63. The second-order valence-electron chi connectivity index (χ2n) is 3.19. The topological polar surface area (TPSA) is 29.5 Å². The Labute approximate surface area is 74.6 Å². The standard InChI is InChI=1S/C9H19NO2/c1-6-7(2)8(3)9(11)10(4)12-5/h7-8H,6H2,1-5H3/t7-,8+/m0/s1. The summed E-state index contributed by atoms with van der Waals surface area (Å²) in [6.07, 6.45) is 1.02. The van der Waals surface area contributed by atoms with Gasteiger partial charge in [0.25, 0.3) is 0 Å². The molecular weight excluding hydrogens is 154 g/mol. The first-order valence-electron chi connectivity index (χ1n) is 4.36. The smallest absolute Gasteiger partial charge is 0.248 e. The van der Waals surface area contributed by atoms with Crippen molar-refractivity contribution >= 4 is 5.91 Å². The van der Waals surface area contributed by atoms with Crippen LogP contribution in [0.3, 0.4) is 0 Å². The van der Waals surface area contributed by atoms with Gasteiger partial charge in [0.05, 0.1) is 7.11 Å². The van der Waals surface area contributed by atoms with Crippen molar-refractivity contribution in [2.24, 2.45) is 11.8 Å². The lowest BCUT2D eigenvalue weighted by Gasteiger charge is -2.22. The minimum absolute atomic E-state index is 0.0416. The number of amides is 1. The molecule has 0 aliphatic heterocycles. The van der Waals surface area contributed by atoms with Crippen LogP contribution in [0.4, 0.5) is 0 Å². The van der Waals surface area contributed by atoms with Gasteiger partial charge in [0.15, 0.2) is 0 Å². The highest BCUT2D eigenvalue weighted by Gasteiger charge is 2.21. The lowest BCUT2D eigenvalue weighted by Crippen LogP contribution is -2.33. The van der Waals surface area contributed by atoms with Gasteiger partial charge in [-0.3, -0.25) is 9.63 Å². The van der Waals surface area contributed by atoms with Crippen LogP contribution in [0.5, 0.6) is 0 Å². The molecule has 0 saturated carbocycles. The molecule has 0 aromatic rings. The van der Waals surface area contributed by atoms with E-state index in [0.717, 1.165) is 6.42 Å². The Morgan fingerprint density at radius 1 is 1.50 bits per heavy atom. The molecule has 2 atom stereocenters. The van der Waals surface area contributed by atoms with E-state index < -0.39 is 0 Å². The molecule has 3 heteroatoms. The molecule has 0 unspecified atom stereocenters. The quantitative estimate of drug-likeness (QED) is 0.605. The van der Waals surface area contributed by atoms with Gasteiger partial charge < -0.3 is 0 Å². The van der Waals surface area contributed by atoms with Gasteiger partial charge in [-0.1, -0.05) is 27.2 Å². The zero-order chi connectivity index (χ0) is 9.72. The van der Waals surface area contributed by atoms with E-state index in [0.29, 0.717) is 5.92 Å². The van der Waals surface area contributed by atoms with Crippen molar-refractivity contribution < 1.29 is 9.63 Å². The molecule has 0 bridgehead atoms. The van der Waals surface area contributed by atoms with Crippen LogP contribution in [0, 0.1) is 11.8 Å². The maximum atomic E-state index is 11.5. The minimum Gasteiger partial charge on any atom is -0.275 e. The minimum atomic E-state index is 0.0416. The van der Waals surface area contributed by atoms with E-state index >= 15 is 0 Å². The number of carbonyl (C=O) groups excluding carboxylic acids is 1. The second-order valence-corrected chi connectivity index (χ2v) is 3.19. The predicted octanol–water partition coefficient (Wildman–Crippen LogP) is 1.69. The van der Waals surface area contributed by atoms with Gasteiger partial charge in [-0.05, 0) is 5.92 Å². The third kappa shape index (κ3) is 2.81. The number of hydrogen-bond acceptors (Lipinski definition) is 2. The summed E-state index contributed by atoms with van der Waals surface area (Å²) in [6, 6.07) is 0. The van der Waals surface area contributed by atoms with Crippen molar-refractivity contribution in [1.29, 1.82) is 0 Å². The Morgan fingerprint density at radius 2 is 2.00 bits per heavy atom. The van der Waals surface area contributed by atoms with E-state index in [1.165, 1.54) is 12.2 Å². The molecule has 12 heavy (non-hydrogen) atoms. The van der Waals surface area contributed by atoms with Gasteiger partial charge in [0.1, 0.15) is 0 Å². The average molecular weight is 173 g/mol. The largest absolute Gasteiger partial charge is 0.275 e. The predicted molar refractivity (Wildman–Crippen MR) is 48.4 cm³/mol. The molecule has 0 aliphatic carbocycles. The Hall–Kier alpha value is -0.570. The second kappa shape index (κ2) is 5.14. The van der Waals surface area contributed by atoms with Crippen LogP contribution >= 0.6 is 0 Å². The van der Waals surface area contributed by atoms with Crippen molar-refractivity contribution in [2.45, 2.75) is 27.2 Å². The van der Waals surface area contributed by atoms with Crippen LogP contribution in [0.15, 0.2) is 0 Å². The number of hydroxylamine groups is 2. The summed E-state index contributed by atoms with van der Waals surface area (Å²) in [6.45, 7) is 6.10. The summed E-state index contributed by atoms with van der Waals surface area (Å²) < 4.78 is 0. The van der Waals surface area contributed by atoms with Gasteiger partial charge in [0, 0.05) is 13.0 Å². The third-order valence-electron chi connectivity index (χ3n) is 2.47. The molecule has 0 fully saturated rings. The van der Waals surface area contributed by atoms with Crippen LogP contribution in [0.2, 0.25) is 0 Å². The summed E-state index contributed by atoms with van der Waals surface area (Å²) in [5, 5.41) is 1.29. The fourth-order valence-electron chi connectivity index (χ4n) is 0.974. The van der Waals surface area contributed by atoms with Crippen LogP contribution in [-0.4, -0.2) is 25.1 Å². The summed E-state index contributed by atoms with van der Waals surface area (Å²) in [7, 11) is 3.14. The molecule has 0 spiro atoms. The maximum Gasteiger partial charge on any atom is 0.248 e. The monoisotopic (exact) mass is 173 g/mol. The summed E-state index contributed by atoms with van der Waals surface area (Å²) in [4.78, 5) is 16.3. The molecule has 0 heterocycles. The highest BCUT2D eigenvalue weighted by atomic mass is 16.7. The Bertz CT molecular complexity index is 147. The van der Waals surface area contributed by atoms with Gasteiger partial charge >= 0.3 is 0 Å². The van der Waals surface area contributed by atoms with E-state index in [1.807, 2.05) is 6.92 Å². The molecule has 72 valence electrons. The van der Waals surface area contributed by atoms with E-state index in [4.69, 9.17) is 4.84 Å². The molecular formula is C9H19NO2. The lowest BCUT2D eigenvalue weighted by molar-refractivity contribution is -0.174. The fraction of sp³-hybridized carbons (Fsp3) is 0.889. The van der Waals surface area contributed by atoms with Gasteiger partial charge in [0.2, 0.25) is 5.91 Å². The summed E-state index contributed by atoms with van der Waals surface area (Å²) in [5.74, 6) is 0.502. The number of hydrogen-bond donors (Lipinski definition) is 0. The molecule has 0 radical (unpaired) electrons. The molecule has 0 rings (SSSR count). The average Bonchev–Trinajstić information content (AvgIpc) is 2.12. The molecule has 0 N–H and O–H groups in total. The molecule has 0 saturated heterocycles. The summed E-state index contributed by atoms with van der Waals surface area (Å²) >= 11 is 0. The molecule has 0 aliphatic rings. The highest BCUT2D eigenvalue weighted by molar-refractivity contribution is 5.77. The first-order valence-corrected chi connectivity index (χ1v) is 4.36. The van der Waals surface area contributed by atoms with Crippen molar-refractivity contribution in [3.8, 4) is 0 Å². The zero-order valence-electron chi connectivity index (χ0n) is 8.63. The van der Waals surface area contributed by atoms with E-state index in [2.05, 4.69) is 13.8 Å². The van der Waals surface area contributed by atoms with Gasteiger partial charge in [-0.2, -0.15) is 0 Å². The first kappa shape index (κ1) is 11.4. The molecule has 1 amide bonds. The number of rotatable bonds is 4. The number of carbonyl (C=O) groups is 1. The Kier molecular flexibility index (Phi) is 4.90. The van der Waals surface area contributed by atoms with Crippen molar-refractivity contribution in [3.63, 3.8) is 0 Å². The first-order chi connectivity index (χ1) is 5.54.